The number of carbonyl (C=O) groups is 1. The second-order valence-corrected chi connectivity index (χ2v) is 6.55. The summed E-state index contributed by atoms with van der Waals surface area (Å²) in [7, 11) is 0. The summed E-state index contributed by atoms with van der Waals surface area (Å²) in [5, 5.41) is 13.8. The lowest BCUT2D eigenvalue weighted by atomic mass is 10.1. The van der Waals surface area contributed by atoms with Gasteiger partial charge in [-0.1, -0.05) is 6.42 Å². The smallest absolute Gasteiger partial charge is 0.291 e. The number of rotatable bonds is 3. The molecule has 0 fully saturated rings. The number of azo groups is 1. The molecule has 0 aromatic carbocycles. The van der Waals surface area contributed by atoms with Crippen molar-refractivity contribution in [2.75, 3.05) is 0 Å². The molecule has 5 N–H and O–H groups in total. The number of fused-ring (bicyclic) bond motifs is 1. The lowest BCUT2D eigenvalue weighted by Crippen LogP contribution is -2.30. The van der Waals surface area contributed by atoms with Gasteiger partial charge in [-0.2, -0.15) is 0 Å². The Kier molecular flexibility index (Phi) is 4.39. The van der Waals surface area contributed by atoms with Crippen LogP contribution in [0.3, 0.4) is 0 Å². The number of aryl methyl sites for hydroxylation is 2. The van der Waals surface area contributed by atoms with E-state index >= 15 is 0 Å². The molecular formula is C14H18N6O2S. The van der Waals surface area contributed by atoms with Gasteiger partial charge in [-0.25, -0.2) is 5.84 Å². The predicted octanol–water partition coefficient (Wildman–Crippen LogP) is 2.36. The Morgan fingerprint density at radius 1 is 1.22 bits per heavy atom. The predicted molar refractivity (Wildman–Crippen MR) is 87.6 cm³/mol. The summed E-state index contributed by atoms with van der Waals surface area (Å²) in [6, 6.07) is 0. The number of nitrogens with two attached hydrogens (primary N) is 1. The molecule has 1 amide bonds. The van der Waals surface area contributed by atoms with Crippen LogP contribution in [0.2, 0.25) is 0 Å². The number of carbonyl (C=O) groups excluding carboxylic acids is 1. The van der Waals surface area contributed by atoms with Crippen LogP contribution in [-0.4, -0.2) is 16.1 Å². The zero-order chi connectivity index (χ0) is 16.4. The molecule has 0 spiro atoms. The van der Waals surface area contributed by atoms with Gasteiger partial charge in [0.1, 0.15) is 0 Å². The fourth-order valence-corrected chi connectivity index (χ4v) is 3.97. The number of aromatic nitrogens is 2. The molecule has 0 aliphatic heterocycles. The Morgan fingerprint density at radius 2 is 2.00 bits per heavy atom. The zero-order valence-electron chi connectivity index (χ0n) is 12.7. The number of hydrazine groups is 1. The van der Waals surface area contributed by atoms with Crippen molar-refractivity contribution in [3.63, 3.8) is 0 Å². The molecule has 0 atom stereocenters. The zero-order valence-corrected chi connectivity index (χ0v) is 13.5. The van der Waals surface area contributed by atoms with E-state index in [1.807, 2.05) is 0 Å². The van der Waals surface area contributed by atoms with Crippen LogP contribution in [0.25, 0.3) is 0 Å². The molecule has 1 aliphatic rings. The van der Waals surface area contributed by atoms with E-state index in [1.165, 1.54) is 11.3 Å². The number of amides is 1. The highest BCUT2D eigenvalue weighted by Crippen LogP contribution is 2.39. The number of nitrogen functional groups attached to an aromatic ring is 1. The number of H-pyrrole nitrogens is 2. The number of nitrogens with zero attached hydrogens (tertiary/aromatic N) is 2. The van der Waals surface area contributed by atoms with Crippen LogP contribution < -0.4 is 16.8 Å². The van der Waals surface area contributed by atoms with E-state index in [9.17, 15) is 9.59 Å². The molecule has 0 radical (unpaired) electrons. The number of thiophene rings is 1. The number of aromatic amines is 2. The van der Waals surface area contributed by atoms with Crippen LogP contribution in [0.1, 0.15) is 45.8 Å². The second-order valence-electron chi connectivity index (χ2n) is 5.47. The third kappa shape index (κ3) is 2.97. The number of nitrogens with one attached hydrogen (secondary N) is 3. The average molecular weight is 334 g/mol. The Labute approximate surface area is 136 Å². The summed E-state index contributed by atoms with van der Waals surface area (Å²) in [6.45, 7) is 1.73. The summed E-state index contributed by atoms with van der Waals surface area (Å²) in [5.41, 5.74) is 4.17. The maximum atomic E-state index is 12.2. The molecule has 3 rings (SSSR count). The Hall–Kier alpha value is -2.26. The van der Waals surface area contributed by atoms with Crippen LogP contribution in [0.4, 0.5) is 10.7 Å². The summed E-state index contributed by atoms with van der Waals surface area (Å²) < 4.78 is 0. The first kappa shape index (κ1) is 15.6. The summed E-state index contributed by atoms with van der Waals surface area (Å²) in [5.74, 6) is 4.95. The molecule has 2 aromatic rings. The third-order valence-electron chi connectivity index (χ3n) is 3.94. The molecule has 9 heteroatoms. The SMILES string of the molecule is Cc1[nH][nH]c(=O)c1N=Nc1sc2c(c1C(=O)NN)CCCCC2. The highest BCUT2D eigenvalue weighted by molar-refractivity contribution is 7.16. The van der Waals surface area contributed by atoms with Gasteiger partial charge in [-0.15, -0.1) is 21.6 Å². The van der Waals surface area contributed by atoms with Gasteiger partial charge in [0.15, 0.2) is 10.7 Å². The molecule has 0 saturated carbocycles. The van der Waals surface area contributed by atoms with Crippen molar-refractivity contribution in [1.29, 1.82) is 0 Å². The van der Waals surface area contributed by atoms with Gasteiger partial charge in [-0.05, 0) is 38.2 Å². The summed E-state index contributed by atoms with van der Waals surface area (Å²) >= 11 is 1.45. The maximum Gasteiger partial charge on any atom is 0.291 e. The van der Waals surface area contributed by atoms with Crippen molar-refractivity contribution in [1.82, 2.24) is 15.6 Å². The van der Waals surface area contributed by atoms with Crippen LogP contribution in [0.15, 0.2) is 15.0 Å². The van der Waals surface area contributed by atoms with Crippen molar-refractivity contribution in [2.45, 2.75) is 39.0 Å². The molecule has 122 valence electrons. The molecule has 2 heterocycles. The number of hydrogen-bond acceptors (Lipinski definition) is 6. The van der Waals surface area contributed by atoms with Gasteiger partial charge < -0.3 is 5.10 Å². The molecule has 1 aliphatic carbocycles. The van der Waals surface area contributed by atoms with E-state index in [4.69, 9.17) is 5.84 Å². The van der Waals surface area contributed by atoms with E-state index < -0.39 is 0 Å². The summed E-state index contributed by atoms with van der Waals surface area (Å²) in [6.07, 6.45) is 5.07. The van der Waals surface area contributed by atoms with Crippen molar-refractivity contribution in [2.24, 2.45) is 16.1 Å². The minimum Gasteiger partial charge on any atom is -0.300 e. The van der Waals surface area contributed by atoms with Crippen molar-refractivity contribution in [3.05, 3.63) is 32.1 Å². The number of hydrogen-bond donors (Lipinski definition) is 4. The lowest BCUT2D eigenvalue weighted by Gasteiger charge is -2.03. The molecule has 23 heavy (non-hydrogen) atoms. The van der Waals surface area contributed by atoms with Gasteiger partial charge in [0.05, 0.1) is 11.3 Å². The van der Waals surface area contributed by atoms with E-state index in [1.54, 1.807) is 6.92 Å². The van der Waals surface area contributed by atoms with Crippen LogP contribution >= 0.6 is 11.3 Å². The third-order valence-corrected chi connectivity index (χ3v) is 5.11. The highest BCUT2D eigenvalue weighted by atomic mass is 32.1. The molecular weight excluding hydrogens is 316 g/mol. The first-order valence-corrected chi connectivity index (χ1v) is 8.28. The van der Waals surface area contributed by atoms with Crippen LogP contribution in [-0.2, 0) is 12.8 Å². The Balaban J connectivity index is 2.05. The highest BCUT2D eigenvalue weighted by Gasteiger charge is 2.24. The van der Waals surface area contributed by atoms with E-state index in [-0.39, 0.29) is 17.2 Å². The molecule has 2 aromatic heterocycles. The monoisotopic (exact) mass is 334 g/mol. The van der Waals surface area contributed by atoms with Crippen LogP contribution in [0.5, 0.6) is 0 Å². The average Bonchev–Trinajstić information content (AvgIpc) is 2.95. The molecule has 0 unspecified atom stereocenters. The van der Waals surface area contributed by atoms with Gasteiger partial charge >= 0.3 is 0 Å². The largest absolute Gasteiger partial charge is 0.300 e. The fourth-order valence-electron chi connectivity index (χ4n) is 2.76. The molecule has 0 bridgehead atoms. The quantitative estimate of drug-likeness (QED) is 0.226. The van der Waals surface area contributed by atoms with E-state index in [0.29, 0.717) is 16.3 Å². The van der Waals surface area contributed by atoms with Gasteiger partial charge in [-0.3, -0.25) is 20.1 Å². The first-order valence-electron chi connectivity index (χ1n) is 7.46. The minimum absolute atomic E-state index is 0.215. The van der Waals surface area contributed by atoms with Crippen molar-refractivity contribution >= 4 is 27.9 Å². The van der Waals surface area contributed by atoms with Crippen LogP contribution in [0, 0.1) is 6.92 Å². The maximum absolute atomic E-state index is 12.2. The normalized spacial score (nSPS) is 14.7. The van der Waals surface area contributed by atoms with Crippen molar-refractivity contribution < 1.29 is 4.79 Å². The minimum atomic E-state index is -0.363. The van der Waals surface area contributed by atoms with Gasteiger partial charge in [0, 0.05) is 4.88 Å². The van der Waals surface area contributed by atoms with Gasteiger partial charge in [0.25, 0.3) is 11.5 Å². The molecule has 0 saturated heterocycles. The summed E-state index contributed by atoms with van der Waals surface area (Å²) in [4.78, 5) is 25.0. The fraction of sp³-hybridized carbons (Fsp3) is 0.429. The lowest BCUT2D eigenvalue weighted by molar-refractivity contribution is 0.0953. The Bertz CT molecular complexity index is 816. The second kappa shape index (κ2) is 6.47. The standard InChI is InChI=1S/C14H18N6O2S/c1-7-11(13(22)19-17-7)18-20-14-10(12(21)16-15)8-5-3-2-4-6-9(8)23-14/h2-6,15H2,1H3,(H,16,21)(H2,17,19,22). The van der Waals surface area contributed by atoms with Gasteiger partial charge in [0.2, 0.25) is 0 Å². The topological polar surface area (TPSA) is 128 Å². The van der Waals surface area contributed by atoms with Crippen molar-refractivity contribution in [3.8, 4) is 0 Å². The molecule has 8 nitrogen and oxygen atoms in total. The van der Waals surface area contributed by atoms with E-state index in [0.717, 1.165) is 42.5 Å². The first-order chi connectivity index (χ1) is 11.1. The van der Waals surface area contributed by atoms with E-state index in [2.05, 4.69) is 25.9 Å². The Morgan fingerprint density at radius 3 is 2.70 bits per heavy atom.